The molecule has 0 aliphatic carbocycles. The number of methoxy groups -OCH3 is 1. The molecule has 0 saturated carbocycles. The maximum atomic E-state index is 12.7. The predicted molar refractivity (Wildman–Crippen MR) is 101 cm³/mol. The van der Waals surface area contributed by atoms with Gasteiger partial charge in [0.1, 0.15) is 5.75 Å². The number of amides is 1. The average Bonchev–Trinajstić information content (AvgIpc) is 3.35. The molecule has 0 bridgehead atoms. The van der Waals surface area contributed by atoms with Crippen LogP contribution in [-0.4, -0.2) is 34.6 Å². The van der Waals surface area contributed by atoms with Gasteiger partial charge in [0.05, 0.1) is 18.6 Å². The van der Waals surface area contributed by atoms with Crippen LogP contribution in [0.1, 0.15) is 29.4 Å². The molecular weight excluding hydrogens is 399 g/mol. The number of aromatic nitrogens is 2. The zero-order valence-corrected chi connectivity index (χ0v) is 16.0. The number of carbonyl (C=O) groups excluding carboxylic acids is 1. The molecule has 1 atom stereocenters. The number of benzene rings is 2. The predicted octanol–water partition coefficient (Wildman–Crippen LogP) is 4.28. The molecule has 1 fully saturated rings. The first-order valence-corrected chi connectivity index (χ1v) is 9.25. The van der Waals surface area contributed by atoms with Gasteiger partial charge < -0.3 is 14.2 Å². The SMILES string of the molecule is COc1ccc(CN2CC(c3nc(-c4ccc(C(F)(F)F)cc4)no3)CC2=O)cc1. The van der Waals surface area contributed by atoms with E-state index >= 15 is 0 Å². The van der Waals surface area contributed by atoms with Crippen molar-refractivity contribution in [1.82, 2.24) is 15.0 Å². The van der Waals surface area contributed by atoms with Gasteiger partial charge in [-0.1, -0.05) is 29.4 Å². The number of carbonyl (C=O) groups is 1. The molecule has 4 rings (SSSR count). The summed E-state index contributed by atoms with van der Waals surface area (Å²) in [6.45, 7) is 0.888. The van der Waals surface area contributed by atoms with E-state index in [9.17, 15) is 18.0 Å². The number of hydrogen-bond acceptors (Lipinski definition) is 5. The molecule has 6 nitrogen and oxygen atoms in total. The van der Waals surface area contributed by atoms with E-state index in [1.807, 2.05) is 24.3 Å². The third kappa shape index (κ3) is 4.14. The number of rotatable bonds is 5. The molecule has 0 radical (unpaired) electrons. The fraction of sp³-hybridized carbons (Fsp3) is 0.286. The second kappa shape index (κ2) is 7.81. The van der Waals surface area contributed by atoms with E-state index in [1.54, 1.807) is 12.0 Å². The molecule has 1 aliphatic rings. The fourth-order valence-electron chi connectivity index (χ4n) is 3.37. The second-order valence-electron chi connectivity index (χ2n) is 7.05. The molecular formula is C21H18F3N3O3. The van der Waals surface area contributed by atoms with Crippen LogP contribution < -0.4 is 4.74 Å². The molecule has 0 N–H and O–H groups in total. The van der Waals surface area contributed by atoms with Gasteiger partial charge in [0.15, 0.2) is 0 Å². The normalized spacial score (nSPS) is 16.9. The fourth-order valence-corrected chi connectivity index (χ4v) is 3.37. The summed E-state index contributed by atoms with van der Waals surface area (Å²) >= 11 is 0. The van der Waals surface area contributed by atoms with Gasteiger partial charge in [-0.25, -0.2) is 0 Å². The van der Waals surface area contributed by atoms with Crippen LogP contribution in [-0.2, 0) is 17.5 Å². The summed E-state index contributed by atoms with van der Waals surface area (Å²) in [6.07, 6.45) is -4.16. The maximum Gasteiger partial charge on any atom is 0.416 e. The van der Waals surface area contributed by atoms with Crippen molar-refractivity contribution in [1.29, 1.82) is 0 Å². The van der Waals surface area contributed by atoms with Crippen molar-refractivity contribution in [2.45, 2.75) is 25.1 Å². The average molecular weight is 417 g/mol. The maximum absolute atomic E-state index is 12.7. The van der Waals surface area contributed by atoms with Crippen LogP contribution in [0.4, 0.5) is 13.2 Å². The molecule has 1 amide bonds. The van der Waals surface area contributed by atoms with Crippen LogP contribution in [0.3, 0.4) is 0 Å². The topological polar surface area (TPSA) is 68.5 Å². The van der Waals surface area contributed by atoms with Crippen LogP contribution >= 0.6 is 0 Å². The highest BCUT2D eigenvalue weighted by Crippen LogP contribution is 2.32. The Labute approximate surface area is 170 Å². The van der Waals surface area contributed by atoms with Crippen molar-refractivity contribution in [3.05, 3.63) is 65.5 Å². The van der Waals surface area contributed by atoms with Gasteiger partial charge in [-0.3, -0.25) is 4.79 Å². The van der Waals surface area contributed by atoms with Crippen molar-refractivity contribution in [2.24, 2.45) is 0 Å². The summed E-state index contributed by atoms with van der Waals surface area (Å²) in [5.41, 5.74) is 0.642. The van der Waals surface area contributed by atoms with E-state index in [0.29, 0.717) is 24.5 Å². The molecule has 1 aliphatic heterocycles. The minimum atomic E-state index is -4.40. The molecule has 0 spiro atoms. The lowest BCUT2D eigenvalue weighted by molar-refractivity contribution is -0.137. The van der Waals surface area contributed by atoms with Gasteiger partial charge in [0.25, 0.3) is 0 Å². The lowest BCUT2D eigenvalue weighted by Gasteiger charge is -2.16. The minimum absolute atomic E-state index is 0.0231. The number of halogens is 3. The van der Waals surface area contributed by atoms with Gasteiger partial charge in [-0.05, 0) is 29.8 Å². The minimum Gasteiger partial charge on any atom is -0.497 e. The first kappa shape index (κ1) is 19.9. The quantitative estimate of drug-likeness (QED) is 0.620. The summed E-state index contributed by atoms with van der Waals surface area (Å²) in [5.74, 6) is 0.956. The van der Waals surface area contributed by atoms with Crippen LogP contribution in [0.25, 0.3) is 11.4 Å². The molecule has 2 heterocycles. The lowest BCUT2D eigenvalue weighted by Crippen LogP contribution is -2.24. The smallest absolute Gasteiger partial charge is 0.416 e. The van der Waals surface area contributed by atoms with E-state index in [-0.39, 0.29) is 24.1 Å². The summed E-state index contributed by atoms with van der Waals surface area (Å²) in [4.78, 5) is 18.4. The Kier molecular flexibility index (Phi) is 5.19. The molecule has 1 saturated heterocycles. The van der Waals surface area contributed by atoms with E-state index in [4.69, 9.17) is 9.26 Å². The Morgan fingerprint density at radius 2 is 1.83 bits per heavy atom. The molecule has 2 aromatic carbocycles. The summed E-state index contributed by atoms with van der Waals surface area (Å²) in [6, 6.07) is 12.0. The Morgan fingerprint density at radius 3 is 2.47 bits per heavy atom. The number of hydrogen-bond donors (Lipinski definition) is 0. The molecule has 3 aromatic rings. The Bertz CT molecular complexity index is 1030. The molecule has 9 heteroatoms. The van der Waals surface area contributed by atoms with E-state index in [0.717, 1.165) is 23.4 Å². The molecule has 1 aromatic heterocycles. The van der Waals surface area contributed by atoms with Crippen LogP contribution in [0.15, 0.2) is 53.1 Å². The molecule has 30 heavy (non-hydrogen) atoms. The van der Waals surface area contributed by atoms with Gasteiger partial charge in [0, 0.05) is 25.1 Å². The van der Waals surface area contributed by atoms with E-state index in [2.05, 4.69) is 10.1 Å². The third-order valence-corrected chi connectivity index (χ3v) is 5.01. The summed E-state index contributed by atoms with van der Waals surface area (Å²) in [7, 11) is 1.59. The highest BCUT2D eigenvalue weighted by atomic mass is 19.4. The zero-order valence-electron chi connectivity index (χ0n) is 16.0. The van der Waals surface area contributed by atoms with Gasteiger partial charge in [-0.15, -0.1) is 0 Å². The van der Waals surface area contributed by atoms with Gasteiger partial charge in [-0.2, -0.15) is 18.2 Å². The Balaban J connectivity index is 1.44. The Morgan fingerprint density at radius 1 is 1.13 bits per heavy atom. The number of ether oxygens (including phenoxy) is 1. The van der Waals surface area contributed by atoms with Crippen molar-refractivity contribution in [3.8, 4) is 17.1 Å². The number of likely N-dealkylation sites (tertiary alicyclic amines) is 1. The highest BCUT2D eigenvalue weighted by Gasteiger charge is 2.34. The first-order chi connectivity index (χ1) is 14.3. The monoisotopic (exact) mass is 417 g/mol. The standard InChI is InChI=1S/C21H18F3N3O3/c1-29-17-8-2-13(3-9-17)11-27-12-15(10-18(27)28)20-25-19(26-30-20)14-4-6-16(7-5-14)21(22,23)24/h2-9,15H,10-12H2,1H3. The summed E-state index contributed by atoms with van der Waals surface area (Å²) < 4.78 is 48.5. The van der Waals surface area contributed by atoms with Crippen LogP contribution in [0, 0.1) is 0 Å². The van der Waals surface area contributed by atoms with Gasteiger partial charge in [0.2, 0.25) is 17.6 Å². The highest BCUT2D eigenvalue weighted by molar-refractivity contribution is 5.79. The number of alkyl halides is 3. The van der Waals surface area contributed by atoms with Crippen molar-refractivity contribution in [2.75, 3.05) is 13.7 Å². The first-order valence-electron chi connectivity index (χ1n) is 9.25. The molecule has 1 unspecified atom stereocenters. The van der Waals surface area contributed by atoms with Crippen LogP contribution in [0.2, 0.25) is 0 Å². The third-order valence-electron chi connectivity index (χ3n) is 5.01. The summed E-state index contributed by atoms with van der Waals surface area (Å²) in [5, 5.41) is 3.86. The zero-order chi connectivity index (χ0) is 21.3. The van der Waals surface area contributed by atoms with Gasteiger partial charge >= 0.3 is 6.18 Å². The van der Waals surface area contributed by atoms with Crippen molar-refractivity contribution >= 4 is 5.91 Å². The van der Waals surface area contributed by atoms with Crippen LogP contribution in [0.5, 0.6) is 5.75 Å². The van der Waals surface area contributed by atoms with Crippen molar-refractivity contribution < 1.29 is 27.2 Å². The van der Waals surface area contributed by atoms with E-state index in [1.165, 1.54) is 12.1 Å². The molecule has 156 valence electrons. The van der Waals surface area contributed by atoms with E-state index < -0.39 is 11.7 Å². The Hall–Kier alpha value is -3.36. The second-order valence-corrected chi connectivity index (χ2v) is 7.05. The van der Waals surface area contributed by atoms with Crippen molar-refractivity contribution in [3.63, 3.8) is 0 Å². The largest absolute Gasteiger partial charge is 0.497 e. The number of nitrogens with zero attached hydrogens (tertiary/aromatic N) is 3. The lowest BCUT2D eigenvalue weighted by atomic mass is 10.1.